The Morgan fingerprint density at radius 3 is 1.61 bits per heavy atom. The molecule has 0 unspecified atom stereocenters. The average Bonchev–Trinajstić information content (AvgIpc) is 4.03. The first-order chi connectivity index (χ1) is 37.2. The van der Waals surface area contributed by atoms with E-state index in [4.69, 9.17) is 0 Å². The molecule has 0 amide bonds. The third kappa shape index (κ3) is 8.09. The molecule has 0 radical (unpaired) electrons. The molecule has 1 aromatic heterocycles. The summed E-state index contributed by atoms with van der Waals surface area (Å²) in [6.45, 7) is 18.7. The summed E-state index contributed by atoms with van der Waals surface area (Å²) in [5.74, 6) is 0. The van der Waals surface area contributed by atoms with Crippen molar-refractivity contribution in [1.29, 1.82) is 0 Å². The summed E-state index contributed by atoms with van der Waals surface area (Å²) in [7, 11) is 0. The van der Waals surface area contributed by atoms with Gasteiger partial charge in [0, 0.05) is 44.3 Å². The zero-order valence-electron chi connectivity index (χ0n) is 45.5. The molecule has 1 aliphatic carbocycles. The van der Waals surface area contributed by atoms with Crippen molar-refractivity contribution in [2.24, 2.45) is 0 Å². The highest BCUT2D eigenvalue weighted by Crippen LogP contribution is 2.52. The highest BCUT2D eigenvalue weighted by Gasteiger charge is 2.36. The van der Waals surface area contributed by atoms with Crippen molar-refractivity contribution >= 4 is 49.6 Å². The lowest BCUT2D eigenvalue weighted by atomic mass is 9.78. The average molecular weight is 993 g/mol. The van der Waals surface area contributed by atoms with Gasteiger partial charge in [-0.1, -0.05) is 250 Å². The van der Waals surface area contributed by atoms with Gasteiger partial charge in [0.1, 0.15) is 0 Å². The predicted molar refractivity (Wildman–Crippen MR) is 330 cm³/mol. The van der Waals surface area contributed by atoms with E-state index in [1.165, 1.54) is 99.3 Å². The van der Waals surface area contributed by atoms with Gasteiger partial charge in [0.2, 0.25) is 0 Å². The molecule has 0 saturated carbocycles. The fourth-order valence-corrected chi connectivity index (χ4v) is 12.4. The largest absolute Gasteiger partial charge is 0.309 e. The van der Waals surface area contributed by atoms with E-state index in [1.807, 2.05) is 0 Å². The van der Waals surface area contributed by atoms with Gasteiger partial charge >= 0.3 is 0 Å². The minimum Gasteiger partial charge on any atom is -0.309 e. The van der Waals surface area contributed by atoms with Gasteiger partial charge in [-0.3, -0.25) is 0 Å². The molecular formula is C75H64N2. The van der Waals surface area contributed by atoms with E-state index in [9.17, 15) is 0 Å². The second-order valence-corrected chi connectivity index (χ2v) is 23.7. The van der Waals surface area contributed by atoms with Gasteiger partial charge in [0.05, 0.1) is 22.4 Å². The van der Waals surface area contributed by atoms with Crippen LogP contribution in [0.15, 0.2) is 243 Å². The number of anilines is 3. The third-order valence-corrected chi connectivity index (χ3v) is 16.5. The Balaban J connectivity index is 1.03. The van der Waals surface area contributed by atoms with Gasteiger partial charge in [-0.15, -0.1) is 0 Å². The van der Waals surface area contributed by atoms with Crippen molar-refractivity contribution in [1.82, 2.24) is 4.57 Å². The normalized spacial score (nSPS) is 13.0. The molecule has 0 fully saturated rings. The molecule has 0 aliphatic heterocycles. The van der Waals surface area contributed by atoms with Crippen LogP contribution in [0, 0.1) is 0 Å². The van der Waals surface area contributed by atoms with Crippen LogP contribution in [0.3, 0.4) is 0 Å². The van der Waals surface area contributed by atoms with Crippen LogP contribution in [0.5, 0.6) is 0 Å². The van der Waals surface area contributed by atoms with E-state index >= 15 is 0 Å². The lowest BCUT2D eigenvalue weighted by Crippen LogP contribution is -2.16. The zero-order valence-corrected chi connectivity index (χ0v) is 45.5. The first-order valence-electron chi connectivity index (χ1n) is 27.3. The minimum absolute atomic E-state index is 0.0230. The fourth-order valence-electron chi connectivity index (χ4n) is 12.4. The zero-order chi connectivity index (χ0) is 52.8. The maximum Gasteiger partial charge on any atom is 0.0619 e. The number of hydrogen-bond acceptors (Lipinski definition) is 1. The predicted octanol–water partition coefficient (Wildman–Crippen LogP) is 21.0. The standard InChI is InChI=1S/C75H64N2/c1-73(2,3)53-45-52(46-54(48-53)74(4,5)6)58-31-20-23-50-24-21-33-64(71(50)58)62-29-14-18-37-69(62)76(68-36-17-13-27-57(68)51-41-44-61-60-28-12-16-35-66(60)75(7,8)67(61)47-51)56-42-39-49(40-43-56)59-32-22-34-65-63-30-15-19-38-70(63)77(72(59)65)55-25-10-9-11-26-55/h9-48H,1-8H3. The molecule has 2 nitrogen and oxygen atoms in total. The van der Waals surface area contributed by atoms with E-state index in [2.05, 4.69) is 308 Å². The SMILES string of the molecule is CC(C)(C)c1cc(-c2cccc3cccc(-c4ccccc4N(c4ccc(-c5cccc6c7ccccc7n(-c7ccccc7)c56)cc4)c4ccccc4-c4ccc5c(c4)C(C)(C)c4ccccc4-5)c23)cc(C(C)(C)C)c1. The molecule has 1 aliphatic rings. The number of rotatable bonds is 8. The van der Waals surface area contributed by atoms with Gasteiger partial charge in [0.15, 0.2) is 0 Å². The van der Waals surface area contributed by atoms with Crippen LogP contribution >= 0.6 is 0 Å². The number of benzene rings is 11. The van der Waals surface area contributed by atoms with Crippen LogP contribution in [-0.4, -0.2) is 4.57 Å². The Morgan fingerprint density at radius 2 is 0.896 bits per heavy atom. The van der Waals surface area contributed by atoms with E-state index in [-0.39, 0.29) is 16.2 Å². The van der Waals surface area contributed by atoms with Gasteiger partial charge in [-0.25, -0.2) is 0 Å². The Labute approximate surface area is 454 Å². The van der Waals surface area contributed by atoms with E-state index in [1.54, 1.807) is 0 Å². The topological polar surface area (TPSA) is 8.17 Å². The number of para-hydroxylation sites is 5. The van der Waals surface area contributed by atoms with Crippen LogP contribution < -0.4 is 4.90 Å². The van der Waals surface area contributed by atoms with Crippen LogP contribution in [0.2, 0.25) is 0 Å². The Morgan fingerprint density at radius 1 is 0.364 bits per heavy atom. The lowest BCUT2D eigenvalue weighted by molar-refractivity contribution is 0.569. The summed E-state index contributed by atoms with van der Waals surface area (Å²) < 4.78 is 2.44. The van der Waals surface area contributed by atoms with Crippen molar-refractivity contribution in [3.63, 3.8) is 0 Å². The van der Waals surface area contributed by atoms with Crippen LogP contribution in [0.1, 0.15) is 77.6 Å². The van der Waals surface area contributed by atoms with Crippen LogP contribution in [0.25, 0.3) is 93.9 Å². The van der Waals surface area contributed by atoms with Gasteiger partial charge in [0.25, 0.3) is 0 Å². The van der Waals surface area contributed by atoms with Gasteiger partial charge in [-0.05, 0) is 131 Å². The fraction of sp³-hybridized carbons (Fsp3) is 0.147. The van der Waals surface area contributed by atoms with E-state index in [0.29, 0.717) is 0 Å². The molecule has 0 atom stereocenters. The van der Waals surface area contributed by atoms with Crippen molar-refractivity contribution in [3.05, 3.63) is 265 Å². The number of hydrogen-bond donors (Lipinski definition) is 0. The minimum atomic E-state index is -0.139. The molecular weight excluding hydrogens is 929 g/mol. The summed E-state index contributed by atoms with van der Waals surface area (Å²) in [4.78, 5) is 2.52. The summed E-state index contributed by atoms with van der Waals surface area (Å²) in [6.07, 6.45) is 0. The van der Waals surface area contributed by atoms with Crippen molar-refractivity contribution < 1.29 is 0 Å². The molecule has 77 heavy (non-hydrogen) atoms. The second kappa shape index (κ2) is 18.2. The summed E-state index contributed by atoms with van der Waals surface area (Å²) >= 11 is 0. The van der Waals surface area contributed by atoms with Gasteiger partial charge < -0.3 is 9.47 Å². The Bertz CT molecular complexity index is 4210. The second-order valence-electron chi connectivity index (χ2n) is 23.7. The lowest BCUT2D eigenvalue weighted by Gasteiger charge is -2.31. The Kier molecular flexibility index (Phi) is 11.4. The quantitative estimate of drug-likeness (QED) is 0.147. The maximum absolute atomic E-state index is 2.52. The first kappa shape index (κ1) is 48.0. The third-order valence-electron chi connectivity index (χ3n) is 16.5. The molecule has 0 N–H and O–H groups in total. The molecule has 12 aromatic rings. The smallest absolute Gasteiger partial charge is 0.0619 e. The molecule has 11 aromatic carbocycles. The van der Waals surface area contributed by atoms with E-state index in [0.717, 1.165) is 33.9 Å². The Hall–Kier alpha value is -8.72. The van der Waals surface area contributed by atoms with Crippen molar-refractivity contribution in [3.8, 4) is 61.3 Å². The van der Waals surface area contributed by atoms with Gasteiger partial charge in [-0.2, -0.15) is 0 Å². The van der Waals surface area contributed by atoms with Crippen LogP contribution in [-0.2, 0) is 16.2 Å². The van der Waals surface area contributed by atoms with E-state index < -0.39 is 0 Å². The monoisotopic (exact) mass is 993 g/mol. The number of fused-ring (bicyclic) bond motifs is 7. The van der Waals surface area contributed by atoms with Crippen molar-refractivity contribution in [2.45, 2.75) is 71.6 Å². The highest BCUT2D eigenvalue weighted by atomic mass is 15.1. The van der Waals surface area contributed by atoms with Crippen molar-refractivity contribution in [2.75, 3.05) is 4.90 Å². The van der Waals surface area contributed by atoms with Crippen LogP contribution in [0.4, 0.5) is 17.1 Å². The molecule has 0 saturated heterocycles. The number of aromatic nitrogens is 1. The molecule has 0 bridgehead atoms. The molecule has 1 heterocycles. The highest BCUT2D eigenvalue weighted by molar-refractivity contribution is 6.14. The maximum atomic E-state index is 2.52. The molecule has 0 spiro atoms. The molecule has 374 valence electrons. The number of nitrogens with zero attached hydrogens (tertiary/aromatic N) is 2. The molecule has 2 heteroatoms. The summed E-state index contributed by atoms with van der Waals surface area (Å²) in [5.41, 5.74) is 24.3. The summed E-state index contributed by atoms with van der Waals surface area (Å²) in [5, 5.41) is 4.95. The first-order valence-corrected chi connectivity index (χ1v) is 27.3. The molecule has 13 rings (SSSR count). The summed E-state index contributed by atoms with van der Waals surface area (Å²) in [6, 6.07) is 90.8.